The van der Waals surface area contributed by atoms with Gasteiger partial charge in [0.2, 0.25) is 0 Å². The molecule has 0 aliphatic heterocycles. The summed E-state index contributed by atoms with van der Waals surface area (Å²) < 4.78 is 0. The van der Waals surface area contributed by atoms with Crippen LogP contribution in [0.1, 0.15) is 105 Å². The van der Waals surface area contributed by atoms with E-state index in [0.717, 1.165) is 22.3 Å². The summed E-state index contributed by atoms with van der Waals surface area (Å²) in [6, 6.07) is 29.8. The van der Waals surface area contributed by atoms with Crippen LogP contribution in [0.5, 0.6) is 23.0 Å². The molecule has 4 rings (SSSR count). The molecule has 0 bridgehead atoms. The third-order valence-electron chi connectivity index (χ3n) is 6.85. The van der Waals surface area contributed by atoms with Crippen molar-refractivity contribution in [3.63, 3.8) is 0 Å². The van der Waals surface area contributed by atoms with Gasteiger partial charge in [-0.1, -0.05) is 156 Å². The van der Waals surface area contributed by atoms with Crippen LogP contribution in [-0.2, 0) is 43.4 Å². The Balaban J connectivity index is 0.000000569. The molecule has 0 atom stereocenters. The Labute approximate surface area is 288 Å². The number of rotatable bonds is 0. The van der Waals surface area contributed by atoms with Crippen molar-refractivity contribution in [3.05, 3.63) is 119 Å². The molecular weight excluding hydrogens is 592 g/mol. The molecule has 45 heavy (non-hydrogen) atoms. The fourth-order valence-corrected chi connectivity index (χ4v) is 4.43. The molecule has 244 valence electrons. The van der Waals surface area contributed by atoms with Crippen molar-refractivity contribution >= 4 is 0 Å². The first-order valence-corrected chi connectivity index (χ1v) is 15.2. The van der Waals surface area contributed by atoms with Crippen LogP contribution in [-0.4, -0.2) is 20.4 Å². The average molecular weight is 649 g/mol. The van der Waals surface area contributed by atoms with Gasteiger partial charge < -0.3 is 20.4 Å². The van der Waals surface area contributed by atoms with Crippen LogP contribution in [0, 0.1) is 0 Å². The summed E-state index contributed by atoms with van der Waals surface area (Å²) in [7, 11) is 0. The Morgan fingerprint density at radius 3 is 0.511 bits per heavy atom. The van der Waals surface area contributed by atoms with Gasteiger partial charge in [-0.3, -0.25) is 0 Å². The van der Waals surface area contributed by atoms with Crippen molar-refractivity contribution in [1.82, 2.24) is 0 Å². The van der Waals surface area contributed by atoms with E-state index in [0.29, 0.717) is 23.0 Å². The summed E-state index contributed by atoms with van der Waals surface area (Å²) in [4.78, 5) is 0. The van der Waals surface area contributed by atoms with Crippen LogP contribution in [0.15, 0.2) is 97.1 Å². The minimum Gasteiger partial charge on any atom is -0.508 e. The first kappa shape index (κ1) is 41.8. The van der Waals surface area contributed by atoms with Gasteiger partial charge in [0.25, 0.3) is 0 Å². The number of hydrogen-bond donors (Lipinski definition) is 4. The fraction of sp³-hybridized carbons (Fsp3) is 0.400. The van der Waals surface area contributed by atoms with Crippen molar-refractivity contribution in [2.24, 2.45) is 0 Å². The maximum Gasteiger partial charge on any atom is 0.119 e. The standard InChI is InChI=1S/4C10H14O.Ti/c4*1-10(2,3)8-6-4-5-7-9(8)11;/h4*4-7,11H,1-3H3;. The first-order valence-electron chi connectivity index (χ1n) is 15.2. The Bertz CT molecular complexity index is 1210. The molecule has 0 aliphatic rings. The Hall–Kier alpha value is -3.21. The molecule has 0 fully saturated rings. The van der Waals surface area contributed by atoms with Crippen LogP contribution in [0.25, 0.3) is 0 Å². The smallest absolute Gasteiger partial charge is 0.119 e. The van der Waals surface area contributed by atoms with E-state index in [-0.39, 0.29) is 43.4 Å². The maximum atomic E-state index is 9.45. The zero-order valence-electron chi connectivity index (χ0n) is 29.5. The number of hydrogen-bond acceptors (Lipinski definition) is 4. The Morgan fingerprint density at radius 1 is 0.289 bits per heavy atom. The van der Waals surface area contributed by atoms with E-state index in [1.807, 2.05) is 72.8 Å². The Kier molecular flexibility index (Phi) is 16.2. The number of benzene rings is 4. The summed E-state index contributed by atoms with van der Waals surface area (Å²) in [6.07, 6.45) is 0. The molecule has 0 saturated carbocycles. The quantitative estimate of drug-likeness (QED) is 0.143. The van der Waals surface area contributed by atoms with E-state index in [1.165, 1.54) is 0 Å². The van der Waals surface area contributed by atoms with Gasteiger partial charge in [0.1, 0.15) is 23.0 Å². The number of phenols is 4. The summed E-state index contributed by atoms with van der Waals surface area (Å²) in [5.41, 5.74) is 4.13. The minimum absolute atomic E-state index is 0. The second kappa shape index (κ2) is 17.5. The molecule has 0 saturated heterocycles. The van der Waals surface area contributed by atoms with Crippen molar-refractivity contribution in [2.75, 3.05) is 0 Å². The van der Waals surface area contributed by atoms with Crippen LogP contribution in [0.2, 0.25) is 0 Å². The van der Waals surface area contributed by atoms with Gasteiger partial charge in [-0.2, -0.15) is 0 Å². The molecule has 0 radical (unpaired) electrons. The third kappa shape index (κ3) is 14.6. The molecule has 4 N–H and O–H groups in total. The molecule has 0 amide bonds. The SMILES string of the molecule is CC(C)(C)c1ccccc1O.CC(C)(C)c1ccccc1O.CC(C)(C)c1ccccc1O.CC(C)(C)c1ccccc1O.[Ti]. The fourth-order valence-electron chi connectivity index (χ4n) is 4.43. The second-order valence-corrected chi connectivity index (χ2v) is 15.1. The van der Waals surface area contributed by atoms with E-state index in [9.17, 15) is 20.4 Å². The molecule has 4 nitrogen and oxygen atoms in total. The van der Waals surface area contributed by atoms with E-state index in [1.54, 1.807) is 24.3 Å². The van der Waals surface area contributed by atoms with Crippen LogP contribution in [0.4, 0.5) is 0 Å². The van der Waals surface area contributed by atoms with Gasteiger partial charge in [0, 0.05) is 21.7 Å². The van der Waals surface area contributed by atoms with E-state index in [4.69, 9.17) is 0 Å². The zero-order valence-corrected chi connectivity index (χ0v) is 31.1. The second-order valence-electron chi connectivity index (χ2n) is 15.1. The molecule has 0 heterocycles. The zero-order chi connectivity index (χ0) is 33.9. The summed E-state index contributed by atoms with van der Waals surface area (Å²) in [5.74, 6) is 1.56. The van der Waals surface area contributed by atoms with Crippen molar-refractivity contribution in [3.8, 4) is 23.0 Å². The van der Waals surface area contributed by atoms with Gasteiger partial charge in [0.15, 0.2) is 0 Å². The molecule has 0 aliphatic carbocycles. The first-order chi connectivity index (χ1) is 20.1. The molecule has 4 aromatic rings. The Morgan fingerprint density at radius 2 is 0.422 bits per heavy atom. The summed E-state index contributed by atoms with van der Waals surface area (Å²) in [5, 5.41) is 37.8. The van der Waals surface area contributed by atoms with Gasteiger partial charge in [-0.25, -0.2) is 0 Å². The van der Waals surface area contributed by atoms with Crippen LogP contribution in [0.3, 0.4) is 0 Å². The molecule has 4 aromatic carbocycles. The molecule has 0 unspecified atom stereocenters. The van der Waals surface area contributed by atoms with Crippen molar-refractivity contribution < 1.29 is 42.1 Å². The van der Waals surface area contributed by atoms with E-state index in [2.05, 4.69) is 83.1 Å². The predicted octanol–water partition coefficient (Wildman–Crippen LogP) is 10.8. The molecule has 5 heteroatoms. The predicted molar refractivity (Wildman–Crippen MR) is 187 cm³/mol. The van der Waals surface area contributed by atoms with Crippen LogP contribution >= 0.6 is 0 Å². The maximum absolute atomic E-state index is 9.45. The monoisotopic (exact) mass is 648 g/mol. The van der Waals surface area contributed by atoms with Crippen molar-refractivity contribution in [1.29, 1.82) is 0 Å². The average Bonchev–Trinajstić information content (AvgIpc) is 2.88. The number of phenolic OH excluding ortho intramolecular Hbond substituents is 4. The third-order valence-corrected chi connectivity index (χ3v) is 6.85. The topological polar surface area (TPSA) is 80.9 Å². The van der Waals surface area contributed by atoms with Gasteiger partial charge in [-0.05, 0) is 68.2 Å². The normalized spacial score (nSPS) is 11.3. The van der Waals surface area contributed by atoms with Gasteiger partial charge in [0.05, 0.1) is 0 Å². The van der Waals surface area contributed by atoms with E-state index >= 15 is 0 Å². The summed E-state index contributed by atoms with van der Waals surface area (Å²) in [6.45, 7) is 25.0. The number of aromatic hydroxyl groups is 4. The molecule has 0 aromatic heterocycles. The van der Waals surface area contributed by atoms with Crippen LogP contribution < -0.4 is 0 Å². The summed E-state index contributed by atoms with van der Waals surface area (Å²) >= 11 is 0. The van der Waals surface area contributed by atoms with Gasteiger partial charge in [-0.15, -0.1) is 0 Å². The number of para-hydroxylation sites is 4. The minimum atomic E-state index is 0. The van der Waals surface area contributed by atoms with E-state index < -0.39 is 0 Å². The molecule has 0 spiro atoms. The largest absolute Gasteiger partial charge is 0.508 e. The van der Waals surface area contributed by atoms with Crippen molar-refractivity contribution in [2.45, 2.75) is 105 Å². The van der Waals surface area contributed by atoms with Gasteiger partial charge >= 0.3 is 0 Å². The molecular formula is C40H56O4Ti.